The van der Waals surface area contributed by atoms with E-state index < -0.39 is 11.7 Å². The summed E-state index contributed by atoms with van der Waals surface area (Å²) in [6.45, 7) is 10.5. The number of benzene rings is 2. The molecular formula is C33H38FN5O3. The molecule has 4 heterocycles. The first-order valence-electron chi connectivity index (χ1n) is 14.8. The largest absolute Gasteiger partial charge is 0.343 e. The molecule has 0 aliphatic carbocycles. The predicted octanol–water partition coefficient (Wildman–Crippen LogP) is 5.20. The van der Waals surface area contributed by atoms with Crippen LogP contribution in [0.3, 0.4) is 0 Å². The molecule has 2 N–H and O–H groups in total. The number of carbonyl (C=O) groups excluding carboxylic acids is 2. The summed E-state index contributed by atoms with van der Waals surface area (Å²) in [5, 5.41) is 9.07. The van der Waals surface area contributed by atoms with Crippen molar-refractivity contribution in [3.63, 3.8) is 0 Å². The zero-order valence-corrected chi connectivity index (χ0v) is 24.7. The van der Waals surface area contributed by atoms with Crippen LogP contribution in [0.1, 0.15) is 68.2 Å². The molecule has 0 spiro atoms. The third-order valence-electron chi connectivity index (χ3n) is 8.84. The van der Waals surface area contributed by atoms with E-state index in [0.29, 0.717) is 56.4 Å². The highest BCUT2D eigenvalue weighted by Gasteiger charge is 2.36. The van der Waals surface area contributed by atoms with E-state index in [1.54, 1.807) is 18.2 Å². The molecule has 2 aromatic carbocycles. The lowest BCUT2D eigenvalue weighted by Crippen LogP contribution is -2.43. The molecule has 220 valence electrons. The molecule has 6 rings (SSSR count). The highest BCUT2D eigenvalue weighted by atomic mass is 19.1. The molecule has 2 aliphatic heterocycles. The van der Waals surface area contributed by atoms with Gasteiger partial charge in [0, 0.05) is 48.9 Å². The Labute approximate surface area is 244 Å². The van der Waals surface area contributed by atoms with Crippen molar-refractivity contribution >= 4 is 33.6 Å². The zero-order valence-electron chi connectivity index (χ0n) is 24.7. The van der Waals surface area contributed by atoms with Crippen molar-refractivity contribution in [2.75, 3.05) is 19.6 Å². The van der Waals surface area contributed by atoms with E-state index in [2.05, 4.69) is 42.0 Å². The number of rotatable bonds is 4. The van der Waals surface area contributed by atoms with E-state index in [9.17, 15) is 18.8 Å². The van der Waals surface area contributed by atoms with Gasteiger partial charge in [-0.1, -0.05) is 39.0 Å². The molecule has 1 atom stereocenters. The van der Waals surface area contributed by atoms with E-state index >= 15 is 0 Å². The number of hydrogen-bond donors (Lipinski definition) is 2. The van der Waals surface area contributed by atoms with Gasteiger partial charge >= 0.3 is 0 Å². The number of halogens is 1. The number of amides is 2. The van der Waals surface area contributed by atoms with Crippen LogP contribution >= 0.6 is 0 Å². The topological polar surface area (TPSA) is 102 Å². The Hall–Kier alpha value is -4.01. The van der Waals surface area contributed by atoms with Crippen LogP contribution < -0.4 is 5.56 Å². The molecule has 2 amide bonds. The number of aromatic amines is 2. The molecule has 0 saturated carbocycles. The van der Waals surface area contributed by atoms with Crippen molar-refractivity contribution in [1.82, 2.24) is 25.0 Å². The minimum atomic E-state index is -0.447. The number of fused-ring (bicyclic) bond motifs is 4. The average Bonchev–Trinajstić information content (AvgIpc) is 3.40. The molecule has 42 heavy (non-hydrogen) atoms. The van der Waals surface area contributed by atoms with Crippen molar-refractivity contribution in [2.45, 2.75) is 65.8 Å². The van der Waals surface area contributed by atoms with Crippen LogP contribution in [0.5, 0.6) is 0 Å². The normalized spacial score (nSPS) is 18.5. The van der Waals surface area contributed by atoms with Gasteiger partial charge in [-0.25, -0.2) is 4.39 Å². The summed E-state index contributed by atoms with van der Waals surface area (Å²) < 4.78 is 14.1. The summed E-state index contributed by atoms with van der Waals surface area (Å²) in [6.07, 6.45) is 3.80. The number of hydrogen-bond acceptors (Lipinski definition) is 4. The summed E-state index contributed by atoms with van der Waals surface area (Å²) in [4.78, 5) is 46.8. The smallest absolute Gasteiger partial charge is 0.251 e. The van der Waals surface area contributed by atoms with Gasteiger partial charge in [-0.3, -0.25) is 19.5 Å². The molecule has 1 saturated heterocycles. The van der Waals surface area contributed by atoms with Gasteiger partial charge < -0.3 is 14.8 Å². The fraction of sp³-hybridized carbons (Fsp3) is 0.455. The van der Waals surface area contributed by atoms with Crippen molar-refractivity contribution in [2.24, 2.45) is 11.3 Å². The number of carbonyl (C=O) groups is 2. The minimum Gasteiger partial charge on any atom is -0.343 e. The Morgan fingerprint density at radius 3 is 2.62 bits per heavy atom. The second-order valence-electron chi connectivity index (χ2n) is 13.3. The van der Waals surface area contributed by atoms with E-state index in [4.69, 9.17) is 0 Å². The molecule has 8 nitrogen and oxygen atoms in total. The first-order chi connectivity index (χ1) is 20.0. The van der Waals surface area contributed by atoms with Gasteiger partial charge in [-0.05, 0) is 66.3 Å². The second-order valence-corrected chi connectivity index (χ2v) is 13.3. The summed E-state index contributed by atoms with van der Waals surface area (Å²) in [7, 11) is 0. The first-order valence-corrected chi connectivity index (χ1v) is 14.8. The quantitative estimate of drug-likeness (QED) is 0.352. The Bertz CT molecular complexity index is 1740. The van der Waals surface area contributed by atoms with Crippen LogP contribution in [0.4, 0.5) is 4.39 Å². The van der Waals surface area contributed by atoms with Crippen molar-refractivity contribution < 1.29 is 14.0 Å². The Morgan fingerprint density at radius 2 is 1.88 bits per heavy atom. The fourth-order valence-corrected chi connectivity index (χ4v) is 6.82. The average molecular weight is 572 g/mol. The van der Waals surface area contributed by atoms with E-state index in [1.807, 2.05) is 22.9 Å². The number of nitrogens with one attached hydrogen (secondary N) is 2. The lowest BCUT2D eigenvalue weighted by Gasteiger charge is -2.34. The van der Waals surface area contributed by atoms with Gasteiger partial charge in [0.25, 0.3) is 5.56 Å². The summed E-state index contributed by atoms with van der Waals surface area (Å²) in [5.41, 5.74) is 4.77. The lowest BCUT2D eigenvalue weighted by molar-refractivity contribution is -0.142. The molecule has 4 aromatic rings. The van der Waals surface area contributed by atoms with Gasteiger partial charge in [0.05, 0.1) is 23.1 Å². The Morgan fingerprint density at radius 1 is 1.12 bits per heavy atom. The van der Waals surface area contributed by atoms with E-state index in [1.165, 1.54) is 6.07 Å². The lowest BCUT2D eigenvalue weighted by atomic mass is 9.88. The standard InChI is InChI=1S/C33H38FN5O3/c1-19-12-22-13-23(32(42)39(18-33(2,3)4)17-26(22)25-16-35-37-29(19)25)15-28(40)38-10-8-20(9-11-38)24-14-21-6-5-7-27(34)30(21)36-31(24)41/h5-7,12,14,16,20,23H,8-11,13,15,17-18H2,1-4H3,(H,35,37)(H,36,41)/t23-/m0/s1. The van der Waals surface area contributed by atoms with E-state index in [-0.39, 0.29) is 40.6 Å². The van der Waals surface area contributed by atoms with Gasteiger partial charge in [0.1, 0.15) is 5.82 Å². The van der Waals surface area contributed by atoms with Crippen molar-refractivity contribution in [3.8, 4) is 0 Å². The zero-order chi connectivity index (χ0) is 29.8. The van der Waals surface area contributed by atoms with Gasteiger partial charge in [-0.15, -0.1) is 0 Å². The van der Waals surface area contributed by atoms with Crippen LogP contribution in [0.15, 0.2) is 41.3 Å². The third kappa shape index (κ3) is 5.32. The number of pyridine rings is 1. The highest BCUT2D eigenvalue weighted by Crippen LogP contribution is 2.34. The number of piperidine rings is 1. The summed E-state index contributed by atoms with van der Waals surface area (Å²) >= 11 is 0. The first kappa shape index (κ1) is 28.1. The number of aryl methyl sites for hydroxylation is 1. The van der Waals surface area contributed by atoms with Gasteiger partial charge in [0.2, 0.25) is 11.8 Å². The third-order valence-corrected chi connectivity index (χ3v) is 8.84. The van der Waals surface area contributed by atoms with Gasteiger partial charge in [-0.2, -0.15) is 5.10 Å². The molecule has 1 fully saturated rings. The molecule has 0 unspecified atom stereocenters. The van der Waals surface area contributed by atoms with Crippen LogP contribution in [0.25, 0.3) is 21.8 Å². The number of aromatic nitrogens is 3. The minimum absolute atomic E-state index is 0.0144. The predicted molar refractivity (Wildman–Crippen MR) is 161 cm³/mol. The SMILES string of the molecule is Cc1cc2c(c3cn[nH]c13)CN(CC(C)(C)C)C(=O)[C@H](CC(=O)N1CCC(c3cc4cccc(F)c4[nH]c3=O)CC1)C2. The Balaban J connectivity index is 1.20. The van der Waals surface area contributed by atoms with Crippen LogP contribution in [0.2, 0.25) is 0 Å². The number of para-hydroxylation sites is 1. The summed E-state index contributed by atoms with van der Waals surface area (Å²) in [6, 6.07) is 8.68. The molecule has 0 radical (unpaired) electrons. The van der Waals surface area contributed by atoms with Crippen LogP contribution in [-0.4, -0.2) is 56.4 Å². The van der Waals surface area contributed by atoms with Crippen LogP contribution in [0, 0.1) is 24.1 Å². The molecule has 9 heteroatoms. The molecule has 2 aromatic heterocycles. The maximum absolute atomic E-state index is 14.1. The fourth-order valence-electron chi connectivity index (χ4n) is 6.82. The summed E-state index contributed by atoms with van der Waals surface area (Å²) in [5.74, 6) is -0.909. The van der Waals surface area contributed by atoms with Gasteiger partial charge in [0.15, 0.2) is 0 Å². The van der Waals surface area contributed by atoms with Crippen molar-refractivity contribution in [1.29, 1.82) is 0 Å². The molecule has 2 aliphatic rings. The van der Waals surface area contributed by atoms with E-state index in [0.717, 1.165) is 27.6 Å². The number of nitrogens with zero attached hydrogens (tertiary/aromatic N) is 3. The Kier molecular flexibility index (Phi) is 7.15. The molecule has 0 bridgehead atoms. The maximum Gasteiger partial charge on any atom is 0.251 e. The van der Waals surface area contributed by atoms with Crippen LogP contribution in [-0.2, 0) is 22.6 Å². The maximum atomic E-state index is 14.1. The monoisotopic (exact) mass is 571 g/mol. The second kappa shape index (κ2) is 10.7. The number of H-pyrrole nitrogens is 2. The van der Waals surface area contributed by atoms with Crippen molar-refractivity contribution in [3.05, 3.63) is 75.0 Å². The highest BCUT2D eigenvalue weighted by molar-refractivity contribution is 5.90. The molecular weight excluding hydrogens is 533 g/mol. The number of likely N-dealkylation sites (tertiary alicyclic amines) is 1.